The molecule has 10 heavy (non-hydrogen) atoms. The van der Waals surface area contributed by atoms with Crippen molar-refractivity contribution in [3.63, 3.8) is 0 Å². The minimum Gasteiger partial charge on any atom is -0.358 e. The van der Waals surface area contributed by atoms with E-state index in [0.29, 0.717) is 0 Å². The van der Waals surface area contributed by atoms with Crippen LogP contribution < -0.4 is 0 Å². The van der Waals surface area contributed by atoms with Gasteiger partial charge in [0.25, 0.3) is 0 Å². The predicted octanol–water partition coefficient (Wildman–Crippen LogP) is -0.292. The third-order valence-electron chi connectivity index (χ3n) is 0. The maximum Gasteiger partial charge on any atom is 0.106 e. The van der Waals surface area contributed by atoms with Gasteiger partial charge in [0.15, 0.2) is 0 Å². The van der Waals surface area contributed by atoms with Crippen LogP contribution in [0.25, 0.3) is 0 Å². The molecule has 0 fully saturated rings. The van der Waals surface area contributed by atoms with Gasteiger partial charge in [0.1, 0.15) is 27.2 Å². The van der Waals surface area contributed by atoms with Gasteiger partial charge >= 0.3 is 0 Å². The molecule has 0 bridgehead atoms. The summed E-state index contributed by atoms with van der Waals surface area (Å²) >= 11 is 0. The van der Waals surface area contributed by atoms with Crippen molar-refractivity contribution >= 4 is 27.2 Å². The fraction of sp³-hybridized carbons (Fsp3) is 0. The molecule has 4 nitrogen and oxygen atoms in total. The molecule has 0 aromatic carbocycles. The summed E-state index contributed by atoms with van der Waals surface area (Å²) in [4.78, 5) is 32.0. The van der Waals surface area contributed by atoms with Crippen molar-refractivity contribution in [1.82, 2.24) is 0 Å². The average molecular weight is 194 g/mol. The van der Waals surface area contributed by atoms with E-state index in [1.165, 1.54) is 0 Å². The quantitative estimate of drug-likeness (QED) is 0.497. The number of hydrogen-bond donors (Lipinski definition) is 0. The summed E-state index contributed by atoms with van der Waals surface area (Å²) in [5.74, 6) is 0. The summed E-state index contributed by atoms with van der Waals surface area (Å²) in [6.45, 7) is 8.00. The van der Waals surface area contributed by atoms with Crippen LogP contribution in [0, 0.1) is 7.43 Å². The molecular weight excluding hydrogens is 183 g/mol. The summed E-state index contributed by atoms with van der Waals surface area (Å²) in [5, 5.41) is 0. The molecule has 0 unspecified atom stereocenters. The molecule has 0 saturated carbocycles. The molecule has 0 saturated heterocycles. The Bertz CT molecular complexity index is 21.6. The van der Waals surface area contributed by atoms with Gasteiger partial charge in [0.05, 0.1) is 0 Å². The van der Waals surface area contributed by atoms with Gasteiger partial charge in [-0.15, -0.1) is 0 Å². The first-order valence-electron chi connectivity index (χ1n) is 1.15. The summed E-state index contributed by atoms with van der Waals surface area (Å²) in [7, 11) is 0. The second kappa shape index (κ2) is 639. The first kappa shape index (κ1) is 60.6. The molecule has 0 amide bonds. The summed E-state index contributed by atoms with van der Waals surface area (Å²) in [6, 6.07) is 0. The monoisotopic (exact) mass is 194 g/mol. The van der Waals surface area contributed by atoms with Gasteiger partial charge < -0.3 is 26.6 Å². The van der Waals surface area contributed by atoms with Crippen molar-refractivity contribution in [2.24, 2.45) is 0 Å². The molecule has 0 aromatic rings. The van der Waals surface area contributed by atoms with Gasteiger partial charge in [-0.2, -0.15) is 0 Å². The Morgan fingerprint density at radius 3 is 0.500 bits per heavy atom. The Kier molecular flexibility index (Phi) is 3870. The molecular formula is C5H11CoO4-. The van der Waals surface area contributed by atoms with Gasteiger partial charge in [0.2, 0.25) is 0 Å². The zero-order chi connectivity index (χ0) is 8.00. The van der Waals surface area contributed by atoms with Gasteiger partial charge in [-0.1, -0.05) is 0 Å². The fourth-order valence-electron chi connectivity index (χ4n) is 0. The van der Waals surface area contributed by atoms with Crippen LogP contribution >= 0.6 is 0 Å². The Balaban J connectivity index is -0.00000000500. The molecule has 0 rings (SSSR count). The SMILES string of the molecule is C=O.C=O.C=O.C=O.[CH3-].[Co]. The second-order valence-corrected chi connectivity index (χ2v) is 0. The van der Waals surface area contributed by atoms with Crippen LogP contribution in [-0.4, -0.2) is 27.2 Å². The van der Waals surface area contributed by atoms with Crippen LogP contribution in [-0.2, 0) is 36.0 Å². The van der Waals surface area contributed by atoms with Crippen molar-refractivity contribution in [3.8, 4) is 0 Å². The van der Waals surface area contributed by atoms with E-state index in [9.17, 15) is 0 Å². The molecule has 0 heterocycles. The van der Waals surface area contributed by atoms with Gasteiger partial charge in [-0.25, -0.2) is 0 Å². The fourth-order valence-corrected chi connectivity index (χ4v) is 0. The normalized spacial score (nSPS) is 1.60. The van der Waals surface area contributed by atoms with Crippen molar-refractivity contribution in [3.05, 3.63) is 7.43 Å². The smallest absolute Gasteiger partial charge is 0.106 e. The zero-order valence-corrected chi connectivity index (χ0v) is 6.84. The van der Waals surface area contributed by atoms with E-state index in [0.717, 1.165) is 0 Å². The van der Waals surface area contributed by atoms with Crippen LogP contribution in [0.5, 0.6) is 0 Å². The Labute approximate surface area is 71.2 Å². The standard InChI is InChI=1S/4CH2O.CH3.Co/c4*1-2;;/h4*1H2;1H3;/q;;;;-1;. The largest absolute Gasteiger partial charge is 0.358 e. The molecule has 0 aromatic heterocycles. The Morgan fingerprint density at radius 1 is 0.500 bits per heavy atom. The number of carbonyl (C=O) groups excluding carboxylic acids is 4. The van der Waals surface area contributed by atoms with Gasteiger partial charge in [0, 0.05) is 16.8 Å². The maximum atomic E-state index is 8.00. The summed E-state index contributed by atoms with van der Waals surface area (Å²) < 4.78 is 0. The number of carbonyl (C=O) groups is 4. The van der Waals surface area contributed by atoms with E-state index < -0.39 is 0 Å². The molecule has 65 valence electrons. The summed E-state index contributed by atoms with van der Waals surface area (Å²) in [6.07, 6.45) is 0. The number of hydrogen-bond acceptors (Lipinski definition) is 4. The van der Waals surface area contributed by atoms with Crippen LogP contribution in [0.1, 0.15) is 0 Å². The van der Waals surface area contributed by atoms with Crippen molar-refractivity contribution in [2.45, 2.75) is 0 Å². The molecule has 0 N–H and O–H groups in total. The predicted molar refractivity (Wildman–Crippen MR) is 34.9 cm³/mol. The van der Waals surface area contributed by atoms with Crippen LogP contribution in [0.2, 0.25) is 0 Å². The first-order valence-corrected chi connectivity index (χ1v) is 1.15. The van der Waals surface area contributed by atoms with Crippen molar-refractivity contribution < 1.29 is 36.0 Å². The maximum absolute atomic E-state index is 8.00. The second-order valence-electron chi connectivity index (χ2n) is 0. The first-order chi connectivity index (χ1) is 4.00. The third-order valence-corrected chi connectivity index (χ3v) is 0. The topological polar surface area (TPSA) is 68.3 Å². The van der Waals surface area contributed by atoms with Crippen molar-refractivity contribution in [1.29, 1.82) is 0 Å². The van der Waals surface area contributed by atoms with Gasteiger partial charge in [-0.05, 0) is 0 Å². The Morgan fingerprint density at radius 2 is 0.500 bits per heavy atom. The number of rotatable bonds is 0. The van der Waals surface area contributed by atoms with Crippen LogP contribution in [0.3, 0.4) is 0 Å². The molecule has 0 atom stereocenters. The average Bonchev–Trinajstić information content (AvgIpc) is 2.03. The van der Waals surface area contributed by atoms with Crippen molar-refractivity contribution in [2.75, 3.05) is 0 Å². The summed E-state index contributed by atoms with van der Waals surface area (Å²) in [5.41, 5.74) is 0. The minimum absolute atomic E-state index is 0. The van der Waals surface area contributed by atoms with E-state index in [1.54, 1.807) is 0 Å². The van der Waals surface area contributed by atoms with E-state index >= 15 is 0 Å². The van der Waals surface area contributed by atoms with Crippen LogP contribution in [0.15, 0.2) is 0 Å². The molecule has 0 aliphatic rings. The minimum atomic E-state index is 0. The van der Waals surface area contributed by atoms with E-state index in [-0.39, 0.29) is 24.2 Å². The molecule has 1 radical (unpaired) electrons. The zero-order valence-electron chi connectivity index (χ0n) is 5.79. The molecule has 5 heteroatoms. The van der Waals surface area contributed by atoms with Crippen LogP contribution in [0.4, 0.5) is 0 Å². The molecule has 0 aliphatic carbocycles. The van der Waals surface area contributed by atoms with E-state index in [1.807, 2.05) is 27.2 Å². The molecule has 0 spiro atoms. The third kappa shape index (κ3) is 416. The molecule has 0 aliphatic heterocycles. The van der Waals surface area contributed by atoms with E-state index in [2.05, 4.69) is 0 Å². The Hall–Kier alpha value is -0.814. The van der Waals surface area contributed by atoms with Gasteiger partial charge in [-0.3, -0.25) is 0 Å². The van der Waals surface area contributed by atoms with E-state index in [4.69, 9.17) is 19.2 Å².